The van der Waals surface area contributed by atoms with Crippen molar-refractivity contribution >= 4 is 5.82 Å². The summed E-state index contributed by atoms with van der Waals surface area (Å²) in [7, 11) is 0. The lowest BCUT2D eigenvalue weighted by Crippen LogP contribution is -2.13. The number of benzene rings is 1. The van der Waals surface area contributed by atoms with Crippen molar-refractivity contribution in [3.05, 3.63) is 47.8 Å². The summed E-state index contributed by atoms with van der Waals surface area (Å²) in [5.74, 6) is 6.68. The number of hydrogen-bond acceptors (Lipinski definition) is 5. The van der Waals surface area contributed by atoms with Crippen LogP contribution < -0.4 is 16.0 Å². The van der Waals surface area contributed by atoms with E-state index >= 15 is 0 Å². The van der Waals surface area contributed by atoms with Crippen molar-refractivity contribution in [2.45, 2.75) is 26.4 Å². The van der Waals surface area contributed by atoms with E-state index in [1.54, 1.807) is 0 Å². The van der Waals surface area contributed by atoms with Gasteiger partial charge in [-0.05, 0) is 12.0 Å². The number of hydrazine groups is 1. The largest absolute Gasteiger partial charge is 0.472 e. The molecule has 0 aliphatic heterocycles. The molecule has 19 heavy (non-hydrogen) atoms. The van der Waals surface area contributed by atoms with E-state index < -0.39 is 0 Å². The molecule has 0 aliphatic rings. The van der Waals surface area contributed by atoms with Crippen LogP contribution in [0.5, 0.6) is 5.88 Å². The molecule has 0 aliphatic carbocycles. The van der Waals surface area contributed by atoms with Crippen LogP contribution in [0.15, 0.2) is 36.7 Å². The summed E-state index contributed by atoms with van der Waals surface area (Å²) in [6, 6.07) is 9.98. The summed E-state index contributed by atoms with van der Waals surface area (Å²) in [5.41, 5.74) is 4.61. The average Bonchev–Trinajstić information content (AvgIpc) is 2.47. The molecule has 0 amide bonds. The Labute approximate surface area is 112 Å². The van der Waals surface area contributed by atoms with Crippen LogP contribution in [-0.4, -0.2) is 9.97 Å². The zero-order chi connectivity index (χ0) is 13.5. The second-order valence-electron chi connectivity index (χ2n) is 4.17. The molecule has 0 radical (unpaired) electrons. The normalized spacial score (nSPS) is 10.2. The van der Waals surface area contributed by atoms with Gasteiger partial charge in [0, 0.05) is 0 Å². The Morgan fingerprint density at radius 2 is 2.00 bits per heavy atom. The van der Waals surface area contributed by atoms with Crippen molar-refractivity contribution < 1.29 is 4.74 Å². The van der Waals surface area contributed by atoms with Gasteiger partial charge in [-0.25, -0.2) is 15.8 Å². The average molecular weight is 258 g/mol. The molecule has 1 heterocycles. The van der Waals surface area contributed by atoms with E-state index in [2.05, 4.69) is 22.3 Å². The Balaban J connectivity index is 2.15. The molecule has 0 unspecified atom stereocenters. The fourth-order valence-electron chi connectivity index (χ4n) is 1.85. The van der Waals surface area contributed by atoms with Crippen molar-refractivity contribution in [1.29, 1.82) is 0 Å². The van der Waals surface area contributed by atoms with Crippen molar-refractivity contribution in [3.8, 4) is 5.88 Å². The Hall–Kier alpha value is -2.14. The SMILES string of the molecule is CCCc1c(NN)ncnc1OCc1ccccc1. The third-order valence-electron chi connectivity index (χ3n) is 2.76. The van der Waals surface area contributed by atoms with E-state index in [9.17, 15) is 0 Å². The maximum Gasteiger partial charge on any atom is 0.222 e. The number of nitrogens with zero attached hydrogens (tertiary/aromatic N) is 2. The molecular weight excluding hydrogens is 240 g/mol. The lowest BCUT2D eigenvalue weighted by atomic mass is 10.2. The van der Waals surface area contributed by atoms with Gasteiger partial charge in [-0.3, -0.25) is 0 Å². The van der Waals surface area contributed by atoms with Gasteiger partial charge in [-0.15, -0.1) is 0 Å². The summed E-state index contributed by atoms with van der Waals surface area (Å²) in [6.07, 6.45) is 3.25. The van der Waals surface area contributed by atoms with Gasteiger partial charge in [-0.2, -0.15) is 0 Å². The molecule has 2 rings (SSSR count). The minimum atomic E-state index is 0.485. The van der Waals surface area contributed by atoms with Gasteiger partial charge in [0.05, 0.1) is 5.56 Å². The topological polar surface area (TPSA) is 73.1 Å². The Kier molecular flexibility index (Phi) is 4.69. The first-order valence-corrected chi connectivity index (χ1v) is 6.32. The third kappa shape index (κ3) is 3.42. The van der Waals surface area contributed by atoms with E-state index in [1.165, 1.54) is 6.33 Å². The number of nitrogen functional groups attached to an aromatic ring is 1. The van der Waals surface area contributed by atoms with Crippen molar-refractivity contribution in [2.24, 2.45) is 5.84 Å². The molecule has 0 fully saturated rings. The van der Waals surface area contributed by atoms with E-state index in [0.717, 1.165) is 24.0 Å². The molecule has 0 saturated carbocycles. The van der Waals surface area contributed by atoms with Crippen LogP contribution in [0.25, 0.3) is 0 Å². The van der Waals surface area contributed by atoms with Gasteiger partial charge in [0.25, 0.3) is 0 Å². The van der Waals surface area contributed by atoms with Crippen LogP contribution in [0.1, 0.15) is 24.5 Å². The highest BCUT2D eigenvalue weighted by molar-refractivity contribution is 5.47. The van der Waals surface area contributed by atoms with Gasteiger partial charge in [0.15, 0.2) is 0 Å². The number of hydrogen-bond donors (Lipinski definition) is 2. The fourth-order valence-corrected chi connectivity index (χ4v) is 1.85. The molecule has 0 atom stereocenters. The molecule has 3 N–H and O–H groups in total. The van der Waals surface area contributed by atoms with Crippen LogP contribution in [0.3, 0.4) is 0 Å². The minimum absolute atomic E-state index is 0.485. The van der Waals surface area contributed by atoms with E-state index in [-0.39, 0.29) is 0 Å². The summed E-state index contributed by atoms with van der Waals surface area (Å²) >= 11 is 0. The first-order chi connectivity index (χ1) is 9.35. The Morgan fingerprint density at radius 1 is 1.21 bits per heavy atom. The standard InChI is InChI=1S/C14H18N4O/c1-2-6-12-13(18-15)16-10-17-14(12)19-9-11-7-4-3-5-8-11/h3-5,7-8,10H,2,6,9,15H2,1H3,(H,16,17,18). The second-order valence-corrected chi connectivity index (χ2v) is 4.17. The molecule has 1 aromatic carbocycles. The van der Waals surface area contributed by atoms with Crippen LogP contribution in [0.2, 0.25) is 0 Å². The van der Waals surface area contributed by atoms with Crippen LogP contribution in [-0.2, 0) is 13.0 Å². The van der Waals surface area contributed by atoms with E-state index in [4.69, 9.17) is 10.6 Å². The molecular formula is C14H18N4O. The number of aromatic nitrogens is 2. The van der Waals surface area contributed by atoms with E-state index in [0.29, 0.717) is 18.3 Å². The first-order valence-electron chi connectivity index (χ1n) is 6.32. The molecule has 5 heteroatoms. The molecule has 1 aromatic heterocycles. The lowest BCUT2D eigenvalue weighted by Gasteiger charge is -2.12. The van der Waals surface area contributed by atoms with E-state index in [1.807, 2.05) is 30.3 Å². The molecule has 5 nitrogen and oxygen atoms in total. The number of nitrogens with one attached hydrogen (secondary N) is 1. The maximum absolute atomic E-state index is 5.77. The predicted octanol–water partition coefficient (Wildman–Crippen LogP) is 2.29. The molecule has 0 spiro atoms. The highest BCUT2D eigenvalue weighted by Gasteiger charge is 2.11. The number of rotatable bonds is 6. The fraction of sp³-hybridized carbons (Fsp3) is 0.286. The first kappa shape index (κ1) is 13.3. The third-order valence-corrected chi connectivity index (χ3v) is 2.76. The number of anilines is 1. The Bertz CT molecular complexity index is 516. The zero-order valence-corrected chi connectivity index (χ0v) is 11.0. The monoisotopic (exact) mass is 258 g/mol. The summed E-state index contributed by atoms with van der Waals surface area (Å²) in [4.78, 5) is 8.30. The zero-order valence-electron chi connectivity index (χ0n) is 11.0. The van der Waals surface area contributed by atoms with Crippen molar-refractivity contribution in [3.63, 3.8) is 0 Å². The lowest BCUT2D eigenvalue weighted by molar-refractivity contribution is 0.290. The van der Waals surface area contributed by atoms with Crippen molar-refractivity contribution in [1.82, 2.24) is 9.97 Å². The van der Waals surface area contributed by atoms with Gasteiger partial charge in [0.2, 0.25) is 5.88 Å². The molecule has 0 saturated heterocycles. The number of nitrogens with two attached hydrogens (primary N) is 1. The van der Waals surface area contributed by atoms with Gasteiger partial charge in [0.1, 0.15) is 18.8 Å². The summed E-state index contributed by atoms with van der Waals surface area (Å²) < 4.78 is 5.77. The smallest absolute Gasteiger partial charge is 0.222 e. The van der Waals surface area contributed by atoms with Gasteiger partial charge >= 0.3 is 0 Å². The molecule has 100 valence electrons. The number of ether oxygens (including phenoxy) is 1. The van der Waals surface area contributed by atoms with Gasteiger partial charge in [-0.1, -0.05) is 43.7 Å². The summed E-state index contributed by atoms with van der Waals surface area (Å²) in [6.45, 7) is 2.58. The minimum Gasteiger partial charge on any atom is -0.472 e. The predicted molar refractivity (Wildman–Crippen MR) is 74.6 cm³/mol. The molecule has 2 aromatic rings. The quantitative estimate of drug-likeness (QED) is 0.614. The van der Waals surface area contributed by atoms with Crippen molar-refractivity contribution in [2.75, 3.05) is 5.43 Å². The highest BCUT2D eigenvalue weighted by Crippen LogP contribution is 2.23. The van der Waals surface area contributed by atoms with Crippen LogP contribution >= 0.6 is 0 Å². The van der Waals surface area contributed by atoms with Crippen LogP contribution in [0, 0.1) is 0 Å². The molecule has 0 bridgehead atoms. The van der Waals surface area contributed by atoms with Crippen LogP contribution in [0.4, 0.5) is 5.82 Å². The van der Waals surface area contributed by atoms with Gasteiger partial charge < -0.3 is 10.2 Å². The summed E-state index contributed by atoms with van der Waals surface area (Å²) in [5, 5.41) is 0. The second kappa shape index (κ2) is 6.70. The Morgan fingerprint density at radius 3 is 2.68 bits per heavy atom. The maximum atomic E-state index is 5.77. The highest BCUT2D eigenvalue weighted by atomic mass is 16.5.